The molecule has 2 bridgehead atoms. The Kier molecular flexibility index (Phi) is 1.75. The van der Waals surface area contributed by atoms with Gasteiger partial charge in [0.05, 0.1) is 0 Å². The summed E-state index contributed by atoms with van der Waals surface area (Å²) in [5.74, 6) is 2.83. The molecule has 3 atom stereocenters. The van der Waals surface area contributed by atoms with E-state index < -0.39 is 0 Å². The third-order valence-corrected chi connectivity index (χ3v) is 3.83. The maximum atomic E-state index is 8.75. The quantitative estimate of drug-likeness (QED) is 0.757. The number of oxazole rings is 1. The summed E-state index contributed by atoms with van der Waals surface area (Å²) in [6, 6.07) is 1.95. The van der Waals surface area contributed by atoms with E-state index >= 15 is 0 Å². The molecular weight excluding hydrogens is 190 g/mol. The number of hydrogen-bond donors (Lipinski definition) is 1. The molecular formula is C11H13N3O. The molecule has 2 saturated carbocycles. The number of hydrogen-bond acceptors (Lipinski definition) is 4. The van der Waals surface area contributed by atoms with Crippen LogP contribution in [-0.2, 0) is 0 Å². The van der Waals surface area contributed by atoms with Gasteiger partial charge in [0.15, 0.2) is 0 Å². The normalized spacial score (nSPS) is 33.1. The van der Waals surface area contributed by atoms with Gasteiger partial charge in [-0.15, -0.1) is 0 Å². The predicted molar refractivity (Wildman–Crippen MR) is 53.8 cm³/mol. The number of fused-ring (bicyclic) bond motifs is 2. The van der Waals surface area contributed by atoms with Crippen molar-refractivity contribution in [2.24, 2.45) is 11.8 Å². The lowest BCUT2D eigenvalue weighted by atomic mass is 9.89. The van der Waals surface area contributed by atoms with E-state index in [0.29, 0.717) is 17.7 Å². The Labute approximate surface area is 88.1 Å². The van der Waals surface area contributed by atoms with Gasteiger partial charge < -0.3 is 10.2 Å². The molecule has 0 radical (unpaired) electrons. The molecule has 78 valence electrons. The van der Waals surface area contributed by atoms with Crippen LogP contribution in [0.4, 0.5) is 5.88 Å². The summed E-state index contributed by atoms with van der Waals surface area (Å²) < 4.78 is 5.39. The standard InChI is InChI=1S/C11H13N3O/c12-5-9-10(13)15-11(14-9)8-4-6-1-2-7(8)3-6/h6-8H,1-4,13H2. The molecule has 0 spiro atoms. The number of aromatic nitrogens is 1. The fourth-order valence-electron chi connectivity index (χ4n) is 3.13. The smallest absolute Gasteiger partial charge is 0.229 e. The zero-order valence-corrected chi connectivity index (χ0v) is 8.44. The van der Waals surface area contributed by atoms with Crippen molar-refractivity contribution in [3.05, 3.63) is 11.6 Å². The van der Waals surface area contributed by atoms with Gasteiger partial charge in [-0.1, -0.05) is 6.42 Å². The highest BCUT2D eigenvalue weighted by Crippen LogP contribution is 2.52. The average Bonchev–Trinajstić information content (AvgIpc) is 2.90. The summed E-state index contributed by atoms with van der Waals surface area (Å²) in [5, 5.41) is 8.75. The van der Waals surface area contributed by atoms with Gasteiger partial charge in [-0.25, -0.2) is 4.98 Å². The molecule has 2 N–H and O–H groups in total. The monoisotopic (exact) mass is 203 g/mol. The first-order valence-electron chi connectivity index (χ1n) is 5.44. The van der Waals surface area contributed by atoms with Crippen molar-refractivity contribution in [3.8, 4) is 6.07 Å². The van der Waals surface area contributed by atoms with E-state index in [9.17, 15) is 0 Å². The van der Waals surface area contributed by atoms with Crippen LogP contribution in [0, 0.1) is 23.2 Å². The molecule has 4 heteroatoms. The van der Waals surface area contributed by atoms with Gasteiger partial charge in [-0.2, -0.15) is 5.26 Å². The van der Waals surface area contributed by atoms with Gasteiger partial charge in [-0.3, -0.25) is 0 Å². The highest BCUT2D eigenvalue weighted by molar-refractivity contribution is 5.41. The minimum Gasteiger partial charge on any atom is -0.424 e. The Morgan fingerprint density at radius 2 is 2.27 bits per heavy atom. The number of nitriles is 1. The summed E-state index contributed by atoms with van der Waals surface area (Å²) in [7, 11) is 0. The lowest BCUT2D eigenvalue weighted by Gasteiger charge is -2.17. The predicted octanol–water partition coefficient (Wildman–Crippen LogP) is 2.03. The van der Waals surface area contributed by atoms with Crippen LogP contribution in [0.15, 0.2) is 4.42 Å². The molecule has 0 saturated heterocycles. The molecule has 3 rings (SSSR count). The first-order chi connectivity index (χ1) is 7.28. The van der Waals surface area contributed by atoms with E-state index in [1.54, 1.807) is 0 Å². The molecule has 1 aromatic rings. The first kappa shape index (κ1) is 8.78. The minimum absolute atomic E-state index is 0.176. The van der Waals surface area contributed by atoms with Gasteiger partial charge in [0.25, 0.3) is 0 Å². The van der Waals surface area contributed by atoms with Crippen molar-refractivity contribution in [3.63, 3.8) is 0 Å². The van der Waals surface area contributed by atoms with E-state index in [4.69, 9.17) is 15.4 Å². The molecule has 0 amide bonds. The Balaban J connectivity index is 1.91. The Hall–Kier alpha value is -1.50. The van der Waals surface area contributed by atoms with Gasteiger partial charge >= 0.3 is 0 Å². The van der Waals surface area contributed by atoms with Gasteiger partial charge in [0.2, 0.25) is 17.5 Å². The van der Waals surface area contributed by atoms with Crippen LogP contribution >= 0.6 is 0 Å². The molecule has 1 aromatic heterocycles. The molecule has 3 unspecified atom stereocenters. The molecule has 1 heterocycles. The average molecular weight is 203 g/mol. The lowest BCUT2D eigenvalue weighted by molar-refractivity contribution is 0.350. The second kappa shape index (κ2) is 2.99. The third-order valence-electron chi connectivity index (χ3n) is 3.83. The van der Waals surface area contributed by atoms with E-state index in [0.717, 1.165) is 12.3 Å². The molecule has 2 fully saturated rings. The van der Waals surface area contributed by atoms with Crippen LogP contribution in [0.2, 0.25) is 0 Å². The lowest BCUT2D eigenvalue weighted by Crippen LogP contribution is -2.08. The van der Waals surface area contributed by atoms with Crippen LogP contribution in [0.5, 0.6) is 0 Å². The second-order valence-electron chi connectivity index (χ2n) is 4.66. The third kappa shape index (κ3) is 1.23. The summed E-state index contributed by atoms with van der Waals surface area (Å²) in [4.78, 5) is 4.18. The fourth-order valence-corrected chi connectivity index (χ4v) is 3.13. The van der Waals surface area contributed by atoms with Crippen LogP contribution in [-0.4, -0.2) is 4.98 Å². The Morgan fingerprint density at radius 1 is 1.40 bits per heavy atom. The molecule has 0 aromatic carbocycles. The van der Waals surface area contributed by atoms with Gasteiger partial charge in [0, 0.05) is 5.92 Å². The zero-order chi connectivity index (χ0) is 10.4. The first-order valence-corrected chi connectivity index (χ1v) is 5.44. The van der Waals surface area contributed by atoms with Gasteiger partial charge in [0.1, 0.15) is 6.07 Å². The zero-order valence-electron chi connectivity index (χ0n) is 8.44. The van der Waals surface area contributed by atoms with Crippen molar-refractivity contribution < 1.29 is 4.42 Å². The highest BCUT2D eigenvalue weighted by atomic mass is 16.4. The minimum atomic E-state index is 0.176. The van der Waals surface area contributed by atoms with Crippen molar-refractivity contribution >= 4 is 5.88 Å². The van der Waals surface area contributed by atoms with Crippen LogP contribution in [0.1, 0.15) is 43.2 Å². The molecule has 2 aliphatic rings. The second-order valence-corrected chi connectivity index (χ2v) is 4.66. The summed E-state index contributed by atoms with van der Waals surface area (Å²) in [6.07, 6.45) is 5.09. The Bertz CT molecular complexity index is 432. The van der Waals surface area contributed by atoms with Crippen LogP contribution in [0.25, 0.3) is 0 Å². The molecule has 15 heavy (non-hydrogen) atoms. The van der Waals surface area contributed by atoms with Crippen molar-refractivity contribution in [2.75, 3.05) is 5.73 Å². The molecule has 0 aliphatic heterocycles. The van der Waals surface area contributed by atoms with Crippen LogP contribution in [0.3, 0.4) is 0 Å². The van der Waals surface area contributed by atoms with Crippen molar-refractivity contribution in [1.29, 1.82) is 5.26 Å². The van der Waals surface area contributed by atoms with Gasteiger partial charge in [-0.05, 0) is 31.1 Å². The SMILES string of the molecule is N#Cc1nc(C2CC3CCC2C3)oc1N. The number of nitrogens with zero attached hydrogens (tertiary/aromatic N) is 2. The van der Waals surface area contributed by atoms with Crippen LogP contribution < -0.4 is 5.73 Å². The van der Waals surface area contributed by atoms with E-state index in [2.05, 4.69) is 4.98 Å². The van der Waals surface area contributed by atoms with Crippen molar-refractivity contribution in [1.82, 2.24) is 4.98 Å². The van der Waals surface area contributed by atoms with E-state index in [1.807, 2.05) is 6.07 Å². The number of rotatable bonds is 1. The largest absolute Gasteiger partial charge is 0.424 e. The number of anilines is 1. The van der Waals surface area contributed by atoms with Crippen molar-refractivity contribution in [2.45, 2.75) is 31.6 Å². The molecule has 4 nitrogen and oxygen atoms in total. The Morgan fingerprint density at radius 3 is 2.80 bits per heavy atom. The number of nitrogen functional groups attached to an aromatic ring is 1. The summed E-state index contributed by atoms with van der Waals surface area (Å²) in [5.41, 5.74) is 5.81. The maximum absolute atomic E-state index is 8.75. The summed E-state index contributed by atoms with van der Waals surface area (Å²) in [6.45, 7) is 0. The van der Waals surface area contributed by atoms with E-state index in [1.165, 1.54) is 19.3 Å². The number of nitrogens with two attached hydrogens (primary N) is 1. The summed E-state index contributed by atoms with van der Waals surface area (Å²) >= 11 is 0. The van der Waals surface area contributed by atoms with E-state index in [-0.39, 0.29) is 11.6 Å². The highest BCUT2D eigenvalue weighted by Gasteiger charge is 2.42. The fraction of sp³-hybridized carbons (Fsp3) is 0.636. The topological polar surface area (TPSA) is 75.8 Å². The molecule has 2 aliphatic carbocycles. The maximum Gasteiger partial charge on any atom is 0.229 e.